The van der Waals surface area contributed by atoms with E-state index in [0.717, 1.165) is 10.5 Å². The predicted octanol–water partition coefficient (Wildman–Crippen LogP) is 3.83. The van der Waals surface area contributed by atoms with E-state index in [9.17, 15) is 0 Å². The van der Waals surface area contributed by atoms with E-state index in [1.54, 1.807) is 0 Å². The van der Waals surface area contributed by atoms with Crippen molar-refractivity contribution in [2.24, 2.45) is 0 Å². The van der Waals surface area contributed by atoms with E-state index in [4.69, 9.17) is 20.9 Å². The van der Waals surface area contributed by atoms with E-state index in [-0.39, 0.29) is 18.3 Å². The molecule has 0 aromatic heterocycles. The summed E-state index contributed by atoms with van der Waals surface area (Å²) in [4.78, 5) is 0. The summed E-state index contributed by atoms with van der Waals surface area (Å²) < 4.78 is 12.3. The van der Waals surface area contributed by atoms with Crippen LogP contribution in [0, 0.1) is 6.92 Å². The fourth-order valence-corrected chi connectivity index (χ4v) is 2.99. The summed E-state index contributed by atoms with van der Waals surface area (Å²) in [6, 6.07) is 4.09. The van der Waals surface area contributed by atoms with Crippen LogP contribution in [0.25, 0.3) is 0 Å². The number of benzene rings is 1. The highest BCUT2D eigenvalue weighted by molar-refractivity contribution is 6.63. The first-order valence-corrected chi connectivity index (χ1v) is 7.75. The Morgan fingerprint density at radius 2 is 1.65 bits per heavy atom. The van der Waals surface area contributed by atoms with Crippen molar-refractivity contribution in [3.05, 3.63) is 28.3 Å². The Morgan fingerprint density at radius 3 is 2.15 bits per heavy atom. The number of hydrogen-bond donors (Lipinski definition) is 0. The van der Waals surface area contributed by atoms with Gasteiger partial charge in [-0.1, -0.05) is 11.6 Å². The van der Waals surface area contributed by atoms with Gasteiger partial charge in [0.1, 0.15) is 0 Å². The van der Waals surface area contributed by atoms with Crippen molar-refractivity contribution in [3.63, 3.8) is 0 Å². The van der Waals surface area contributed by atoms with Gasteiger partial charge in [-0.05, 0) is 82.1 Å². The lowest BCUT2D eigenvalue weighted by molar-refractivity contribution is 0.00578. The Bertz CT molecular complexity index is 534. The average molecular weight is 293 g/mol. The Hall–Kier alpha value is -0.505. The summed E-state index contributed by atoms with van der Waals surface area (Å²) >= 11 is 6.30. The first-order valence-electron chi connectivity index (χ1n) is 7.37. The molecule has 1 saturated carbocycles. The number of hydrogen-bond acceptors (Lipinski definition) is 2. The molecule has 3 rings (SSSR count). The minimum Gasteiger partial charge on any atom is -0.399 e. The van der Waals surface area contributed by atoms with Gasteiger partial charge in [0.25, 0.3) is 0 Å². The molecule has 0 N–H and O–H groups in total. The SMILES string of the molecule is Cc1c(B2OC(C)(C)C(C)(C)O2)cc(Cl)cc1C1CC1. The first kappa shape index (κ1) is 14.4. The Balaban J connectivity index is 1.99. The lowest BCUT2D eigenvalue weighted by Crippen LogP contribution is -2.41. The third-order valence-electron chi connectivity index (χ3n) is 4.98. The van der Waals surface area contributed by atoms with Gasteiger partial charge in [-0.25, -0.2) is 0 Å². The highest BCUT2D eigenvalue weighted by Gasteiger charge is 2.52. The Labute approximate surface area is 126 Å². The second-order valence-corrected chi connectivity index (χ2v) is 7.51. The van der Waals surface area contributed by atoms with Crippen LogP contribution in [0.1, 0.15) is 57.6 Å². The lowest BCUT2D eigenvalue weighted by atomic mass is 9.74. The molecule has 2 fully saturated rings. The van der Waals surface area contributed by atoms with Crippen molar-refractivity contribution >= 4 is 24.2 Å². The number of rotatable bonds is 2. The molecule has 1 aromatic carbocycles. The molecule has 0 bridgehead atoms. The molecule has 108 valence electrons. The van der Waals surface area contributed by atoms with Gasteiger partial charge in [-0.2, -0.15) is 0 Å². The highest BCUT2D eigenvalue weighted by atomic mass is 35.5. The van der Waals surface area contributed by atoms with Gasteiger partial charge in [-0.15, -0.1) is 0 Å². The van der Waals surface area contributed by atoms with Gasteiger partial charge >= 0.3 is 7.12 Å². The van der Waals surface area contributed by atoms with E-state index in [1.807, 2.05) is 6.07 Å². The lowest BCUT2D eigenvalue weighted by Gasteiger charge is -2.32. The minimum atomic E-state index is -0.323. The van der Waals surface area contributed by atoms with Crippen LogP contribution >= 0.6 is 11.6 Å². The standard InChI is InChI=1S/C16H22BClO2/c1-10-13(11-6-7-11)8-12(18)9-14(10)17-19-15(2,3)16(4,5)20-17/h8-9,11H,6-7H2,1-5H3. The van der Waals surface area contributed by atoms with E-state index in [0.29, 0.717) is 5.92 Å². The molecule has 1 saturated heterocycles. The smallest absolute Gasteiger partial charge is 0.399 e. The predicted molar refractivity (Wildman–Crippen MR) is 83.9 cm³/mol. The van der Waals surface area contributed by atoms with Crippen LogP contribution in [0.4, 0.5) is 0 Å². The van der Waals surface area contributed by atoms with Crippen LogP contribution in [0.5, 0.6) is 0 Å². The van der Waals surface area contributed by atoms with Crippen LogP contribution in [0.2, 0.25) is 5.02 Å². The van der Waals surface area contributed by atoms with Crippen molar-refractivity contribution in [1.82, 2.24) is 0 Å². The first-order chi connectivity index (χ1) is 9.21. The van der Waals surface area contributed by atoms with Gasteiger partial charge in [0, 0.05) is 5.02 Å². The maximum atomic E-state index is 6.30. The molecule has 0 amide bonds. The van der Waals surface area contributed by atoms with Crippen LogP contribution in [0.15, 0.2) is 12.1 Å². The summed E-state index contributed by atoms with van der Waals surface area (Å²) in [6.07, 6.45) is 2.54. The third-order valence-corrected chi connectivity index (χ3v) is 5.20. The van der Waals surface area contributed by atoms with Crippen molar-refractivity contribution in [3.8, 4) is 0 Å². The zero-order valence-corrected chi connectivity index (χ0v) is 13.7. The molecule has 0 unspecified atom stereocenters. The summed E-state index contributed by atoms with van der Waals surface area (Å²) in [5, 5.41) is 0.780. The Morgan fingerprint density at radius 1 is 1.10 bits per heavy atom. The molecule has 4 heteroatoms. The fraction of sp³-hybridized carbons (Fsp3) is 0.625. The van der Waals surface area contributed by atoms with Gasteiger partial charge in [0.05, 0.1) is 11.2 Å². The largest absolute Gasteiger partial charge is 0.495 e. The molecular formula is C16H22BClO2. The van der Waals surface area contributed by atoms with E-state index >= 15 is 0 Å². The topological polar surface area (TPSA) is 18.5 Å². The molecule has 2 nitrogen and oxygen atoms in total. The molecule has 1 heterocycles. The monoisotopic (exact) mass is 292 g/mol. The van der Waals surface area contributed by atoms with Crippen molar-refractivity contribution in [2.75, 3.05) is 0 Å². The molecule has 1 aliphatic carbocycles. The van der Waals surface area contributed by atoms with Crippen LogP contribution < -0.4 is 5.46 Å². The van der Waals surface area contributed by atoms with Gasteiger partial charge < -0.3 is 9.31 Å². The second kappa shape index (κ2) is 4.49. The van der Waals surface area contributed by atoms with Crippen molar-refractivity contribution in [2.45, 2.75) is 64.6 Å². The summed E-state index contributed by atoms with van der Waals surface area (Å²) in [7, 11) is -0.323. The van der Waals surface area contributed by atoms with Gasteiger partial charge in [0.15, 0.2) is 0 Å². The Kier molecular flexibility index (Phi) is 3.24. The molecule has 2 aliphatic rings. The van der Waals surface area contributed by atoms with E-state index in [1.165, 1.54) is 24.0 Å². The van der Waals surface area contributed by atoms with Gasteiger partial charge in [0.2, 0.25) is 0 Å². The van der Waals surface area contributed by atoms with Gasteiger partial charge in [-0.3, -0.25) is 0 Å². The fourth-order valence-electron chi connectivity index (χ4n) is 2.76. The zero-order chi connectivity index (χ0) is 14.7. The minimum absolute atomic E-state index is 0.313. The molecule has 1 aromatic rings. The maximum Gasteiger partial charge on any atom is 0.495 e. The molecule has 0 radical (unpaired) electrons. The molecular weight excluding hydrogens is 270 g/mol. The summed E-state index contributed by atoms with van der Waals surface area (Å²) in [5.74, 6) is 0.676. The summed E-state index contributed by atoms with van der Waals surface area (Å²) in [6.45, 7) is 10.5. The molecule has 0 atom stereocenters. The maximum absolute atomic E-state index is 6.30. The summed E-state index contributed by atoms with van der Waals surface area (Å²) in [5.41, 5.74) is 3.09. The van der Waals surface area contributed by atoms with Crippen molar-refractivity contribution in [1.29, 1.82) is 0 Å². The highest BCUT2D eigenvalue weighted by Crippen LogP contribution is 2.43. The number of halogens is 1. The van der Waals surface area contributed by atoms with Crippen LogP contribution in [0.3, 0.4) is 0 Å². The van der Waals surface area contributed by atoms with Crippen LogP contribution in [-0.2, 0) is 9.31 Å². The van der Waals surface area contributed by atoms with E-state index in [2.05, 4.69) is 40.7 Å². The second-order valence-electron chi connectivity index (χ2n) is 7.07. The quantitative estimate of drug-likeness (QED) is 0.771. The molecule has 20 heavy (non-hydrogen) atoms. The third kappa shape index (κ3) is 2.30. The average Bonchev–Trinajstić information content (AvgIpc) is 3.10. The molecule has 1 aliphatic heterocycles. The van der Waals surface area contributed by atoms with Crippen LogP contribution in [-0.4, -0.2) is 18.3 Å². The van der Waals surface area contributed by atoms with E-state index < -0.39 is 0 Å². The zero-order valence-electron chi connectivity index (χ0n) is 12.9. The molecule has 0 spiro atoms. The normalized spacial score (nSPS) is 24.2. The van der Waals surface area contributed by atoms with Crippen molar-refractivity contribution < 1.29 is 9.31 Å².